The van der Waals surface area contributed by atoms with Crippen molar-refractivity contribution in [1.29, 1.82) is 0 Å². The molecule has 13 rings (SSSR count). The van der Waals surface area contributed by atoms with Crippen molar-refractivity contribution in [2.45, 2.75) is 37.5 Å². The van der Waals surface area contributed by atoms with E-state index in [1.165, 1.54) is 48.8 Å². The van der Waals surface area contributed by atoms with Gasteiger partial charge in [-0.05, 0) is 108 Å². The van der Waals surface area contributed by atoms with Crippen LogP contribution >= 0.6 is 0 Å². The molecule has 0 atom stereocenters. The van der Waals surface area contributed by atoms with Gasteiger partial charge in [0.05, 0.1) is 11.1 Å². The molecule has 8 aromatic rings. The normalized spacial score (nSPS) is 24.2. The van der Waals surface area contributed by atoms with Gasteiger partial charge in [-0.1, -0.05) is 84.9 Å². The highest BCUT2D eigenvalue weighted by Crippen LogP contribution is 2.69. The molecular weight excluding hydrogens is 625 g/mol. The SMILES string of the molecule is c1ccc(-c2nc(-c3ccnc4ccccc34)nc(-c3cccc4c3oc3cc5c(cc34)-c3ccccc3C53C4CC5CC(C4)CC3C5)n2)cc1. The highest BCUT2D eigenvalue weighted by molar-refractivity contribution is 6.11. The molecule has 4 saturated carbocycles. The molecule has 51 heavy (non-hydrogen) atoms. The third-order valence-corrected chi connectivity index (χ3v) is 13.0. The molecule has 3 aromatic heterocycles. The molecule has 5 heteroatoms. The topological polar surface area (TPSA) is 64.7 Å². The lowest BCUT2D eigenvalue weighted by atomic mass is 9.43. The third-order valence-electron chi connectivity index (χ3n) is 13.0. The summed E-state index contributed by atoms with van der Waals surface area (Å²) in [6.07, 6.45) is 8.73. The Hall–Kier alpha value is -5.68. The molecule has 0 amide bonds. The minimum atomic E-state index is 0.0936. The first-order valence-electron chi connectivity index (χ1n) is 18.5. The molecule has 5 aliphatic carbocycles. The average molecular weight is 659 g/mol. The Morgan fingerprint density at radius 2 is 1.20 bits per heavy atom. The summed E-state index contributed by atoms with van der Waals surface area (Å²) in [5.41, 5.74) is 11.4. The van der Waals surface area contributed by atoms with Gasteiger partial charge < -0.3 is 4.42 Å². The summed E-state index contributed by atoms with van der Waals surface area (Å²) in [4.78, 5) is 19.9. The number of fused-ring (bicyclic) bond motifs is 7. The van der Waals surface area contributed by atoms with E-state index in [-0.39, 0.29) is 5.41 Å². The summed E-state index contributed by atoms with van der Waals surface area (Å²) in [7, 11) is 0. The number of aromatic nitrogens is 4. The van der Waals surface area contributed by atoms with Crippen molar-refractivity contribution < 1.29 is 4.42 Å². The zero-order chi connectivity index (χ0) is 33.3. The van der Waals surface area contributed by atoms with Crippen LogP contribution in [0.5, 0.6) is 0 Å². The van der Waals surface area contributed by atoms with Crippen molar-refractivity contribution in [3.63, 3.8) is 0 Å². The molecule has 5 aromatic carbocycles. The summed E-state index contributed by atoms with van der Waals surface area (Å²) in [5, 5.41) is 3.25. The van der Waals surface area contributed by atoms with Gasteiger partial charge in [0, 0.05) is 38.9 Å². The Kier molecular flexibility index (Phi) is 5.61. The van der Waals surface area contributed by atoms with Crippen molar-refractivity contribution >= 4 is 32.8 Å². The van der Waals surface area contributed by atoms with Gasteiger partial charge in [0.25, 0.3) is 0 Å². The first kappa shape index (κ1) is 28.1. The van der Waals surface area contributed by atoms with E-state index in [1.54, 1.807) is 5.56 Å². The lowest BCUT2D eigenvalue weighted by Gasteiger charge is -2.61. The van der Waals surface area contributed by atoms with E-state index in [0.29, 0.717) is 29.3 Å². The molecule has 5 aliphatic rings. The summed E-state index contributed by atoms with van der Waals surface area (Å²) < 4.78 is 7.00. The van der Waals surface area contributed by atoms with Gasteiger partial charge in [-0.2, -0.15) is 0 Å². The number of benzene rings is 5. The van der Waals surface area contributed by atoms with Crippen molar-refractivity contribution in [2.75, 3.05) is 0 Å². The zero-order valence-corrected chi connectivity index (χ0v) is 28.1. The average Bonchev–Trinajstić information content (AvgIpc) is 3.69. The van der Waals surface area contributed by atoms with Gasteiger partial charge >= 0.3 is 0 Å². The molecule has 3 heterocycles. The molecule has 4 fully saturated rings. The number of hydrogen-bond donors (Lipinski definition) is 0. The Balaban J connectivity index is 1.09. The molecule has 4 bridgehead atoms. The van der Waals surface area contributed by atoms with E-state index in [4.69, 9.17) is 19.4 Å². The Bertz CT molecular complexity index is 2700. The maximum absolute atomic E-state index is 7.00. The van der Waals surface area contributed by atoms with Gasteiger partial charge in [0.2, 0.25) is 0 Å². The first-order valence-corrected chi connectivity index (χ1v) is 18.5. The summed E-state index contributed by atoms with van der Waals surface area (Å²) >= 11 is 0. The van der Waals surface area contributed by atoms with E-state index in [2.05, 4.69) is 77.8 Å². The molecular formula is C46H34N4O. The Labute approximate surface area is 295 Å². The second-order valence-electron chi connectivity index (χ2n) is 15.4. The molecule has 5 nitrogen and oxygen atoms in total. The van der Waals surface area contributed by atoms with Gasteiger partial charge in [-0.3, -0.25) is 4.98 Å². The van der Waals surface area contributed by atoms with Crippen molar-refractivity contribution in [3.8, 4) is 45.3 Å². The van der Waals surface area contributed by atoms with Crippen LogP contribution < -0.4 is 0 Å². The fourth-order valence-electron chi connectivity index (χ4n) is 11.2. The van der Waals surface area contributed by atoms with Crippen LogP contribution in [-0.4, -0.2) is 19.9 Å². The van der Waals surface area contributed by atoms with Crippen LogP contribution in [0.3, 0.4) is 0 Å². The predicted octanol–water partition coefficient (Wildman–Crippen LogP) is 11.0. The van der Waals surface area contributed by atoms with Crippen LogP contribution in [0.4, 0.5) is 0 Å². The molecule has 0 radical (unpaired) electrons. The maximum Gasteiger partial charge on any atom is 0.167 e. The minimum absolute atomic E-state index is 0.0936. The summed E-state index contributed by atoms with van der Waals surface area (Å²) in [6.45, 7) is 0. The largest absolute Gasteiger partial charge is 0.455 e. The van der Waals surface area contributed by atoms with E-state index in [9.17, 15) is 0 Å². The Morgan fingerprint density at radius 3 is 2.04 bits per heavy atom. The van der Waals surface area contributed by atoms with Crippen molar-refractivity contribution in [3.05, 3.63) is 133 Å². The van der Waals surface area contributed by atoms with E-state index < -0.39 is 0 Å². The lowest BCUT2D eigenvalue weighted by molar-refractivity contribution is -0.0399. The van der Waals surface area contributed by atoms with Gasteiger partial charge in [-0.15, -0.1) is 0 Å². The number of nitrogens with zero attached hydrogens (tertiary/aromatic N) is 4. The highest BCUT2D eigenvalue weighted by atomic mass is 16.3. The van der Waals surface area contributed by atoms with Gasteiger partial charge in [0.1, 0.15) is 11.2 Å². The quantitative estimate of drug-likeness (QED) is 0.189. The third kappa shape index (κ3) is 3.81. The minimum Gasteiger partial charge on any atom is -0.455 e. The highest BCUT2D eigenvalue weighted by Gasteiger charge is 2.61. The molecule has 0 aliphatic heterocycles. The molecule has 0 unspecified atom stereocenters. The van der Waals surface area contributed by atoms with E-state index >= 15 is 0 Å². The number of para-hydroxylation sites is 2. The fourth-order valence-corrected chi connectivity index (χ4v) is 11.2. The van der Waals surface area contributed by atoms with Crippen LogP contribution in [-0.2, 0) is 5.41 Å². The monoisotopic (exact) mass is 658 g/mol. The second kappa shape index (κ2) is 10.2. The molecule has 0 saturated heterocycles. The summed E-state index contributed by atoms with van der Waals surface area (Å²) in [5.74, 6) is 5.07. The van der Waals surface area contributed by atoms with Crippen molar-refractivity contribution in [2.24, 2.45) is 23.7 Å². The van der Waals surface area contributed by atoms with Gasteiger partial charge in [-0.25, -0.2) is 15.0 Å². The van der Waals surface area contributed by atoms with Crippen LogP contribution in [0.15, 0.2) is 126 Å². The lowest BCUT2D eigenvalue weighted by Crippen LogP contribution is -2.55. The number of furan rings is 1. The fraction of sp³-hybridized carbons (Fsp3) is 0.217. The summed E-state index contributed by atoms with van der Waals surface area (Å²) in [6, 6.07) is 40.9. The van der Waals surface area contributed by atoms with Gasteiger partial charge in [0.15, 0.2) is 17.5 Å². The first-order chi connectivity index (χ1) is 25.2. The number of hydrogen-bond acceptors (Lipinski definition) is 5. The van der Waals surface area contributed by atoms with E-state index in [1.807, 2.05) is 48.7 Å². The smallest absolute Gasteiger partial charge is 0.167 e. The molecule has 1 spiro atoms. The van der Waals surface area contributed by atoms with Crippen molar-refractivity contribution in [1.82, 2.24) is 19.9 Å². The molecule has 0 N–H and O–H groups in total. The van der Waals surface area contributed by atoms with Crippen LogP contribution in [0.25, 0.3) is 78.1 Å². The predicted molar refractivity (Wildman–Crippen MR) is 202 cm³/mol. The second-order valence-corrected chi connectivity index (χ2v) is 15.4. The standard InChI is InChI=1S/C46H34N4O/c1-2-9-28(10-3-1)43-48-44(34-17-18-47-40-16-7-5-12-32(34)40)50-45(49-43)35-14-8-13-33-37-24-36-31-11-4-6-15-38(31)46(39(36)25-41(37)51-42(33)35)29-20-26-19-27(22-29)23-30(46)21-26/h1-18,24-27,29-30H,19-23H2. The molecule has 244 valence electrons. The zero-order valence-electron chi connectivity index (χ0n) is 28.1. The maximum atomic E-state index is 7.00. The van der Waals surface area contributed by atoms with Crippen LogP contribution in [0.1, 0.15) is 43.2 Å². The van der Waals surface area contributed by atoms with Crippen LogP contribution in [0, 0.1) is 23.7 Å². The Morgan fingerprint density at radius 1 is 0.510 bits per heavy atom. The van der Waals surface area contributed by atoms with Crippen LogP contribution in [0.2, 0.25) is 0 Å². The van der Waals surface area contributed by atoms with E-state index in [0.717, 1.165) is 61.4 Å². The number of pyridine rings is 1. The number of rotatable bonds is 3.